The molecular weight excluding hydrogens is 244 g/mol. The van der Waals surface area contributed by atoms with Gasteiger partial charge in [0.2, 0.25) is 0 Å². The highest BCUT2D eigenvalue weighted by Gasteiger charge is 2.44. The largest absolute Gasteiger partial charge is 0.501 e. The molecule has 0 N–H and O–H groups in total. The highest BCUT2D eigenvalue weighted by Crippen LogP contribution is 2.33. The van der Waals surface area contributed by atoms with E-state index in [0.717, 1.165) is 25.0 Å². The summed E-state index contributed by atoms with van der Waals surface area (Å²) < 4.78 is 17.9. The molecule has 1 aliphatic heterocycles. The maximum absolute atomic E-state index is 6.04. The smallest absolute Gasteiger partial charge is 0.374 e. The lowest BCUT2D eigenvalue weighted by Gasteiger charge is -2.36. The third-order valence-electron chi connectivity index (χ3n) is 3.81. The summed E-state index contributed by atoms with van der Waals surface area (Å²) in [5.74, 6) is 1.46. The summed E-state index contributed by atoms with van der Waals surface area (Å²) in [6, 6.07) is 0.985. The Kier molecular flexibility index (Phi) is 7.45. The van der Waals surface area contributed by atoms with E-state index in [0.29, 0.717) is 19.1 Å². The van der Waals surface area contributed by atoms with Crippen LogP contribution in [0.3, 0.4) is 0 Å². The Morgan fingerprint density at radius 3 is 2.39 bits per heavy atom. The molecule has 0 amide bonds. The highest BCUT2D eigenvalue weighted by molar-refractivity contribution is 6.60. The van der Waals surface area contributed by atoms with Crippen molar-refractivity contribution in [2.45, 2.75) is 59.4 Å². The Labute approximate surface area is 114 Å². The summed E-state index contributed by atoms with van der Waals surface area (Å²) >= 11 is 0. The lowest BCUT2D eigenvalue weighted by Crippen LogP contribution is -2.49. The minimum atomic E-state index is -2.40. The molecule has 1 rings (SSSR count). The first kappa shape index (κ1) is 16.2. The zero-order valence-electron chi connectivity index (χ0n) is 12.5. The van der Waals surface area contributed by atoms with E-state index in [1.165, 1.54) is 19.3 Å². The van der Waals surface area contributed by atoms with E-state index in [9.17, 15) is 0 Å². The molecule has 0 aliphatic carbocycles. The summed E-state index contributed by atoms with van der Waals surface area (Å²) in [6.07, 6.45) is 5.03. The second-order valence-corrected chi connectivity index (χ2v) is 7.91. The van der Waals surface area contributed by atoms with E-state index >= 15 is 0 Å². The topological polar surface area (TPSA) is 27.7 Å². The van der Waals surface area contributed by atoms with Crippen molar-refractivity contribution in [3.05, 3.63) is 0 Å². The van der Waals surface area contributed by atoms with Crippen LogP contribution in [0, 0.1) is 11.8 Å². The Bertz CT molecular complexity index is 217. The van der Waals surface area contributed by atoms with Crippen LogP contribution >= 0.6 is 0 Å². The molecule has 0 bridgehead atoms. The van der Waals surface area contributed by atoms with Gasteiger partial charge in [0.25, 0.3) is 0 Å². The zero-order valence-corrected chi connectivity index (χ0v) is 13.5. The van der Waals surface area contributed by atoms with Crippen LogP contribution in [0.15, 0.2) is 0 Å². The Hall–Kier alpha value is 0.0969. The van der Waals surface area contributed by atoms with Gasteiger partial charge in [-0.25, -0.2) is 0 Å². The Morgan fingerprint density at radius 2 is 1.83 bits per heavy atom. The minimum Gasteiger partial charge on any atom is -0.374 e. The van der Waals surface area contributed by atoms with Crippen molar-refractivity contribution >= 4 is 8.80 Å². The second-order valence-electron chi connectivity index (χ2n) is 5.27. The van der Waals surface area contributed by atoms with Crippen molar-refractivity contribution in [3.8, 4) is 0 Å². The maximum atomic E-state index is 6.04. The Balaban J connectivity index is 2.71. The van der Waals surface area contributed by atoms with Crippen molar-refractivity contribution < 1.29 is 13.3 Å². The molecule has 18 heavy (non-hydrogen) atoms. The van der Waals surface area contributed by atoms with Crippen LogP contribution in [-0.2, 0) is 13.3 Å². The van der Waals surface area contributed by atoms with E-state index in [4.69, 9.17) is 13.3 Å². The van der Waals surface area contributed by atoms with Crippen LogP contribution in [0.2, 0.25) is 6.04 Å². The molecule has 1 heterocycles. The first-order valence-electron chi connectivity index (χ1n) is 7.59. The van der Waals surface area contributed by atoms with Crippen LogP contribution in [0.5, 0.6) is 0 Å². The van der Waals surface area contributed by atoms with Gasteiger partial charge in [-0.3, -0.25) is 0 Å². The molecule has 1 fully saturated rings. The fourth-order valence-electron chi connectivity index (χ4n) is 2.96. The van der Waals surface area contributed by atoms with Gasteiger partial charge in [0.1, 0.15) is 0 Å². The van der Waals surface area contributed by atoms with E-state index in [1.54, 1.807) is 0 Å². The zero-order chi connectivity index (χ0) is 13.4. The molecule has 1 saturated heterocycles. The average molecular weight is 274 g/mol. The number of rotatable bonds is 6. The summed E-state index contributed by atoms with van der Waals surface area (Å²) in [5, 5.41) is 0. The quantitative estimate of drug-likeness (QED) is 0.688. The van der Waals surface area contributed by atoms with E-state index in [-0.39, 0.29) is 0 Å². The minimum absolute atomic E-state index is 0.648. The summed E-state index contributed by atoms with van der Waals surface area (Å²) in [7, 11) is -2.40. The monoisotopic (exact) mass is 274 g/mol. The molecule has 3 nitrogen and oxygen atoms in total. The van der Waals surface area contributed by atoms with Crippen molar-refractivity contribution in [1.29, 1.82) is 0 Å². The molecule has 1 aliphatic rings. The van der Waals surface area contributed by atoms with Gasteiger partial charge in [-0.1, -0.05) is 26.7 Å². The molecule has 2 unspecified atom stereocenters. The molecule has 0 aromatic rings. The summed E-state index contributed by atoms with van der Waals surface area (Å²) in [6.45, 7) is 10.9. The first-order valence-corrected chi connectivity index (χ1v) is 9.52. The summed E-state index contributed by atoms with van der Waals surface area (Å²) in [5.41, 5.74) is 0. The van der Waals surface area contributed by atoms with Crippen molar-refractivity contribution in [2.75, 3.05) is 19.8 Å². The number of hydrogen-bond acceptors (Lipinski definition) is 3. The predicted octanol–water partition coefficient (Wildman–Crippen LogP) is 3.86. The molecule has 4 heteroatoms. The fourth-order valence-corrected chi connectivity index (χ4v) is 6.02. The predicted molar refractivity (Wildman–Crippen MR) is 76.6 cm³/mol. The SMILES string of the molecule is CCCC1CCCO[Si](OCC)(OCC)CC1C. The third kappa shape index (κ3) is 4.65. The van der Waals surface area contributed by atoms with Gasteiger partial charge in [0, 0.05) is 25.9 Å². The normalized spacial score (nSPS) is 28.7. The average Bonchev–Trinajstić information content (AvgIpc) is 2.32. The van der Waals surface area contributed by atoms with E-state index in [2.05, 4.69) is 13.8 Å². The van der Waals surface area contributed by atoms with Crippen molar-refractivity contribution in [3.63, 3.8) is 0 Å². The van der Waals surface area contributed by atoms with Crippen LogP contribution < -0.4 is 0 Å². The van der Waals surface area contributed by atoms with Crippen molar-refractivity contribution in [1.82, 2.24) is 0 Å². The van der Waals surface area contributed by atoms with Gasteiger partial charge in [0.05, 0.1) is 0 Å². The van der Waals surface area contributed by atoms with Gasteiger partial charge in [0.15, 0.2) is 0 Å². The maximum Gasteiger partial charge on any atom is 0.501 e. The van der Waals surface area contributed by atoms with Gasteiger partial charge >= 0.3 is 8.80 Å². The van der Waals surface area contributed by atoms with E-state index in [1.807, 2.05) is 13.8 Å². The first-order chi connectivity index (χ1) is 8.67. The molecule has 0 radical (unpaired) electrons. The molecule has 0 aromatic carbocycles. The standard InChI is InChI=1S/C14H30O3Si/c1-5-9-14-10-8-11-17-18(15-6-2,16-7-3)12-13(14)4/h13-14H,5-12H2,1-4H3. The number of hydrogen-bond donors (Lipinski definition) is 0. The van der Waals surface area contributed by atoms with Crippen LogP contribution in [-0.4, -0.2) is 28.6 Å². The Morgan fingerprint density at radius 1 is 1.17 bits per heavy atom. The van der Waals surface area contributed by atoms with Crippen LogP contribution in [0.25, 0.3) is 0 Å². The van der Waals surface area contributed by atoms with Crippen LogP contribution in [0.1, 0.15) is 53.4 Å². The van der Waals surface area contributed by atoms with Gasteiger partial charge in [-0.05, 0) is 38.5 Å². The molecule has 0 aromatic heterocycles. The van der Waals surface area contributed by atoms with Crippen LogP contribution in [0.4, 0.5) is 0 Å². The second kappa shape index (κ2) is 8.30. The lowest BCUT2D eigenvalue weighted by molar-refractivity contribution is 0.0496. The third-order valence-corrected chi connectivity index (χ3v) is 7.05. The van der Waals surface area contributed by atoms with Gasteiger partial charge in [-0.2, -0.15) is 0 Å². The fraction of sp³-hybridized carbons (Fsp3) is 1.00. The lowest BCUT2D eigenvalue weighted by atomic mass is 9.87. The van der Waals surface area contributed by atoms with Gasteiger partial charge in [-0.15, -0.1) is 0 Å². The molecular formula is C14H30O3Si. The highest BCUT2D eigenvalue weighted by atomic mass is 28.4. The molecule has 0 spiro atoms. The van der Waals surface area contributed by atoms with Gasteiger partial charge < -0.3 is 13.3 Å². The van der Waals surface area contributed by atoms with E-state index < -0.39 is 8.80 Å². The summed E-state index contributed by atoms with van der Waals surface area (Å²) in [4.78, 5) is 0. The molecule has 2 atom stereocenters. The molecule has 0 saturated carbocycles. The molecule has 108 valence electrons. The van der Waals surface area contributed by atoms with Crippen molar-refractivity contribution in [2.24, 2.45) is 11.8 Å².